The van der Waals surface area contributed by atoms with Crippen LogP contribution in [0, 0.1) is 5.92 Å². The summed E-state index contributed by atoms with van der Waals surface area (Å²) in [7, 11) is 1.52. The fraction of sp³-hybridized carbons (Fsp3) is 0.846. The number of rotatable bonds is 10. The van der Waals surface area contributed by atoms with Crippen LogP contribution in [0.4, 0.5) is 0 Å². The fourth-order valence-corrected chi connectivity index (χ4v) is 1.81. The van der Waals surface area contributed by atoms with E-state index in [1.165, 1.54) is 12.0 Å². The largest absolute Gasteiger partial charge is 0.480 e. The molecule has 2 atom stereocenters. The number of aliphatic carboxylic acids is 1. The van der Waals surface area contributed by atoms with E-state index in [1.807, 2.05) is 13.8 Å². The molecule has 0 aliphatic heterocycles. The van der Waals surface area contributed by atoms with Gasteiger partial charge in [0.1, 0.15) is 6.54 Å². The minimum Gasteiger partial charge on any atom is -0.480 e. The van der Waals surface area contributed by atoms with Crippen molar-refractivity contribution in [1.29, 1.82) is 0 Å². The Balaban J connectivity index is 4.29. The lowest BCUT2D eigenvalue weighted by Crippen LogP contribution is -2.41. The van der Waals surface area contributed by atoms with Gasteiger partial charge in [0.2, 0.25) is 5.91 Å². The van der Waals surface area contributed by atoms with E-state index >= 15 is 0 Å². The average Bonchev–Trinajstić information content (AvgIpc) is 2.32. The monoisotopic (exact) mass is 274 g/mol. The van der Waals surface area contributed by atoms with Crippen LogP contribution in [0.3, 0.4) is 0 Å². The Labute approximate surface area is 114 Å². The second-order valence-corrected chi connectivity index (χ2v) is 4.96. The first-order valence-corrected chi connectivity index (χ1v) is 6.63. The molecule has 0 saturated heterocycles. The highest BCUT2D eigenvalue weighted by Crippen LogP contribution is 2.12. The maximum atomic E-state index is 12.1. The molecule has 0 aliphatic rings. The number of ether oxygens (including phenoxy) is 1. The average molecular weight is 274 g/mol. The number of amides is 1. The Kier molecular flexibility index (Phi) is 9.16. The molecule has 19 heavy (non-hydrogen) atoms. The van der Waals surface area contributed by atoms with Crippen LogP contribution < -0.4 is 5.73 Å². The van der Waals surface area contributed by atoms with Crippen LogP contribution in [-0.2, 0) is 14.3 Å². The molecule has 0 aromatic rings. The number of carboxylic acid groups (broad SMARTS) is 1. The molecule has 0 saturated carbocycles. The Bertz CT molecular complexity index is 282. The molecule has 2 unspecified atom stereocenters. The van der Waals surface area contributed by atoms with Gasteiger partial charge in [-0.2, -0.15) is 0 Å². The summed E-state index contributed by atoms with van der Waals surface area (Å²) in [6, 6.07) is 0.130. The Morgan fingerprint density at radius 2 is 1.95 bits per heavy atom. The molecule has 112 valence electrons. The summed E-state index contributed by atoms with van der Waals surface area (Å²) in [5, 5.41) is 8.81. The highest BCUT2D eigenvalue weighted by Gasteiger charge is 2.22. The van der Waals surface area contributed by atoms with Crippen molar-refractivity contribution in [3.05, 3.63) is 0 Å². The SMILES string of the molecule is COCCN(CC(=O)O)C(=O)C(C)CCCC(C)N. The first-order valence-electron chi connectivity index (χ1n) is 6.63. The van der Waals surface area contributed by atoms with Crippen molar-refractivity contribution >= 4 is 11.9 Å². The Hall–Kier alpha value is -1.14. The first kappa shape index (κ1) is 17.9. The highest BCUT2D eigenvalue weighted by atomic mass is 16.5. The van der Waals surface area contributed by atoms with E-state index < -0.39 is 5.97 Å². The molecule has 3 N–H and O–H groups in total. The van der Waals surface area contributed by atoms with Gasteiger partial charge in [-0.3, -0.25) is 9.59 Å². The van der Waals surface area contributed by atoms with Gasteiger partial charge in [-0.1, -0.05) is 13.3 Å². The number of carbonyl (C=O) groups excluding carboxylic acids is 1. The van der Waals surface area contributed by atoms with Crippen LogP contribution in [0.1, 0.15) is 33.1 Å². The lowest BCUT2D eigenvalue weighted by atomic mass is 10.0. The van der Waals surface area contributed by atoms with Gasteiger partial charge in [0.25, 0.3) is 0 Å². The number of methoxy groups -OCH3 is 1. The Morgan fingerprint density at radius 1 is 1.32 bits per heavy atom. The van der Waals surface area contributed by atoms with Crippen molar-refractivity contribution in [3.8, 4) is 0 Å². The molecule has 0 spiro atoms. The third-order valence-electron chi connectivity index (χ3n) is 2.92. The maximum Gasteiger partial charge on any atom is 0.323 e. The van der Waals surface area contributed by atoms with Crippen LogP contribution in [-0.4, -0.2) is 54.7 Å². The highest BCUT2D eigenvalue weighted by molar-refractivity contribution is 5.82. The number of nitrogens with zero attached hydrogens (tertiary/aromatic N) is 1. The minimum absolute atomic E-state index is 0.130. The molecule has 0 radical (unpaired) electrons. The van der Waals surface area contributed by atoms with Crippen LogP contribution in [0.15, 0.2) is 0 Å². The lowest BCUT2D eigenvalue weighted by Gasteiger charge is -2.24. The number of hydrogen-bond acceptors (Lipinski definition) is 4. The van der Waals surface area contributed by atoms with Gasteiger partial charge in [-0.25, -0.2) is 0 Å². The summed E-state index contributed by atoms with van der Waals surface area (Å²) in [6.07, 6.45) is 2.47. The van der Waals surface area contributed by atoms with E-state index in [1.54, 1.807) is 0 Å². The quantitative estimate of drug-likeness (QED) is 0.611. The van der Waals surface area contributed by atoms with Gasteiger partial charge in [-0.15, -0.1) is 0 Å². The zero-order valence-corrected chi connectivity index (χ0v) is 12.1. The summed E-state index contributed by atoms with van der Waals surface area (Å²) in [5.41, 5.74) is 5.66. The number of carbonyl (C=O) groups is 2. The zero-order valence-electron chi connectivity index (χ0n) is 12.1. The predicted molar refractivity (Wildman–Crippen MR) is 72.8 cm³/mol. The van der Waals surface area contributed by atoms with E-state index in [-0.39, 0.29) is 24.4 Å². The first-order chi connectivity index (χ1) is 8.88. The number of nitrogens with two attached hydrogens (primary N) is 1. The third kappa shape index (κ3) is 8.56. The summed E-state index contributed by atoms with van der Waals surface area (Å²) in [5.74, 6) is -1.33. The van der Waals surface area contributed by atoms with Crippen molar-refractivity contribution < 1.29 is 19.4 Å². The van der Waals surface area contributed by atoms with Gasteiger partial charge in [0.05, 0.1) is 6.61 Å². The van der Waals surface area contributed by atoms with Crippen molar-refractivity contribution in [2.24, 2.45) is 11.7 Å². The minimum atomic E-state index is -1.01. The molecule has 6 heteroatoms. The van der Waals surface area contributed by atoms with E-state index in [9.17, 15) is 9.59 Å². The zero-order chi connectivity index (χ0) is 14.8. The normalized spacial score (nSPS) is 13.9. The smallest absolute Gasteiger partial charge is 0.323 e. The van der Waals surface area contributed by atoms with Gasteiger partial charge in [0, 0.05) is 25.6 Å². The lowest BCUT2D eigenvalue weighted by molar-refractivity contribution is -0.146. The summed E-state index contributed by atoms with van der Waals surface area (Å²) >= 11 is 0. The molecule has 0 aromatic heterocycles. The summed E-state index contributed by atoms with van der Waals surface area (Å²) in [4.78, 5) is 24.2. The van der Waals surface area contributed by atoms with Crippen LogP contribution in [0.25, 0.3) is 0 Å². The van der Waals surface area contributed by atoms with E-state index in [4.69, 9.17) is 15.6 Å². The van der Waals surface area contributed by atoms with E-state index in [2.05, 4.69) is 0 Å². The standard InChI is InChI=1S/C13H26N2O4/c1-10(5-4-6-11(2)14)13(18)15(7-8-19-3)9-12(16)17/h10-11H,4-9,14H2,1-3H3,(H,16,17). The molecular formula is C13H26N2O4. The van der Waals surface area contributed by atoms with Gasteiger partial charge in [0.15, 0.2) is 0 Å². The number of hydrogen-bond donors (Lipinski definition) is 2. The van der Waals surface area contributed by atoms with Crippen molar-refractivity contribution in [2.45, 2.75) is 39.2 Å². The molecule has 0 rings (SSSR count). The van der Waals surface area contributed by atoms with Crippen molar-refractivity contribution in [1.82, 2.24) is 4.90 Å². The van der Waals surface area contributed by atoms with Crippen LogP contribution >= 0.6 is 0 Å². The molecule has 0 bridgehead atoms. The van der Waals surface area contributed by atoms with Crippen molar-refractivity contribution in [2.75, 3.05) is 26.8 Å². The topological polar surface area (TPSA) is 92.9 Å². The van der Waals surface area contributed by atoms with Gasteiger partial charge >= 0.3 is 5.97 Å². The van der Waals surface area contributed by atoms with Crippen molar-refractivity contribution in [3.63, 3.8) is 0 Å². The second-order valence-electron chi connectivity index (χ2n) is 4.96. The van der Waals surface area contributed by atoms with E-state index in [0.717, 1.165) is 19.3 Å². The Morgan fingerprint density at radius 3 is 2.42 bits per heavy atom. The molecule has 6 nitrogen and oxygen atoms in total. The van der Waals surface area contributed by atoms with Gasteiger partial charge in [-0.05, 0) is 19.8 Å². The summed E-state index contributed by atoms with van der Waals surface area (Å²) < 4.78 is 4.89. The maximum absolute atomic E-state index is 12.1. The molecular weight excluding hydrogens is 248 g/mol. The number of carboxylic acids is 1. The fourth-order valence-electron chi connectivity index (χ4n) is 1.81. The molecule has 0 heterocycles. The third-order valence-corrected chi connectivity index (χ3v) is 2.92. The molecule has 0 aromatic carbocycles. The molecule has 0 fully saturated rings. The summed E-state index contributed by atoms with van der Waals surface area (Å²) in [6.45, 7) is 4.12. The van der Waals surface area contributed by atoms with Crippen LogP contribution in [0.2, 0.25) is 0 Å². The predicted octanol–water partition coefficient (Wildman–Crippen LogP) is 0.700. The van der Waals surface area contributed by atoms with Crippen LogP contribution in [0.5, 0.6) is 0 Å². The molecule has 1 amide bonds. The second kappa shape index (κ2) is 9.75. The van der Waals surface area contributed by atoms with E-state index in [0.29, 0.717) is 13.2 Å². The molecule has 0 aliphatic carbocycles. The van der Waals surface area contributed by atoms with Gasteiger partial charge < -0.3 is 20.5 Å².